The first-order valence-electron chi connectivity index (χ1n) is 12.4. The standard InChI is InChI=1S/C28H37N5O4/c1-19-24(17-20-8-10-23(11-9-20)37-15-5-13-33(2)3)27(32-28(29)30-19)31-25(12-14-34)22-7-4-6-21(16-22)18-26(35)36/h4,6-11,16,25,34H,5,12-15,17-18H2,1-3H3,(H,35,36)(H3,29,30,31,32). The van der Waals surface area contributed by atoms with Gasteiger partial charge in [0.25, 0.3) is 0 Å². The quantitative estimate of drug-likeness (QED) is 0.242. The fraction of sp³-hybridized carbons (Fsp3) is 0.393. The molecular formula is C28H37N5O4. The van der Waals surface area contributed by atoms with Gasteiger partial charge in [-0.1, -0.05) is 36.4 Å². The Morgan fingerprint density at radius 2 is 1.89 bits per heavy atom. The molecule has 0 aliphatic carbocycles. The van der Waals surface area contributed by atoms with Crippen molar-refractivity contribution in [3.8, 4) is 5.75 Å². The number of nitrogens with two attached hydrogens (primary N) is 1. The summed E-state index contributed by atoms with van der Waals surface area (Å²) in [6, 6.07) is 15.1. The van der Waals surface area contributed by atoms with Crippen LogP contribution in [0.25, 0.3) is 0 Å². The fourth-order valence-electron chi connectivity index (χ4n) is 4.14. The minimum atomic E-state index is -0.893. The first-order valence-corrected chi connectivity index (χ1v) is 12.4. The molecule has 0 saturated carbocycles. The lowest BCUT2D eigenvalue weighted by atomic mass is 9.99. The summed E-state index contributed by atoms with van der Waals surface area (Å²) in [6.07, 6.45) is 1.89. The Hall–Kier alpha value is -3.69. The summed E-state index contributed by atoms with van der Waals surface area (Å²) in [4.78, 5) is 22.2. The van der Waals surface area contributed by atoms with Crippen LogP contribution < -0.4 is 15.8 Å². The minimum Gasteiger partial charge on any atom is -0.494 e. The van der Waals surface area contributed by atoms with E-state index in [1.807, 2.05) is 63.5 Å². The van der Waals surface area contributed by atoms with Crippen molar-refractivity contribution in [2.75, 3.05) is 44.9 Å². The van der Waals surface area contributed by atoms with Crippen molar-refractivity contribution >= 4 is 17.7 Å². The molecular weight excluding hydrogens is 470 g/mol. The number of aliphatic carboxylic acids is 1. The summed E-state index contributed by atoms with van der Waals surface area (Å²) < 4.78 is 5.85. The first kappa shape index (κ1) is 27.9. The Kier molecular flexibility index (Phi) is 10.2. The lowest BCUT2D eigenvalue weighted by Crippen LogP contribution is -2.17. The summed E-state index contributed by atoms with van der Waals surface area (Å²) in [7, 11) is 4.09. The number of hydrogen-bond acceptors (Lipinski definition) is 8. The molecule has 0 fully saturated rings. The van der Waals surface area contributed by atoms with Crippen molar-refractivity contribution in [1.29, 1.82) is 0 Å². The number of ether oxygens (including phenoxy) is 1. The zero-order chi connectivity index (χ0) is 26.8. The number of nitrogen functional groups attached to an aromatic ring is 1. The molecule has 5 N–H and O–H groups in total. The highest BCUT2D eigenvalue weighted by molar-refractivity contribution is 5.70. The van der Waals surface area contributed by atoms with Crippen LogP contribution in [0.15, 0.2) is 48.5 Å². The Labute approximate surface area is 218 Å². The van der Waals surface area contributed by atoms with Gasteiger partial charge in [0, 0.05) is 30.8 Å². The number of aliphatic hydroxyl groups excluding tert-OH is 1. The van der Waals surface area contributed by atoms with E-state index in [0.717, 1.165) is 41.1 Å². The van der Waals surface area contributed by atoms with Crippen LogP contribution >= 0.6 is 0 Å². The molecule has 1 unspecified atom stereocenters. The molecule has 0 radical (unpaired) electrons. The number of benzene rings is 2. The predicted molar refractivity (Wildman–Crippen MR) is 145 cm³/mol. The van der Waals surface area contributed by atoms with Crippen LogP contribution in [-0.4, -0.2) is 64.9 Å². The number of aliphatic hydroxyl groups is 1. The van der Waals surface area contributed by atoms with Gasteiger partial charge in [-0.15, -0.1) is 0 Å². The first-order chi connectivity index (χ1) is 17.7. The number of aryl methyl sites for hydroxylation is 1. The van der Waals surface area contributed by atoms with Crippen LogP contribution in [0.2, 0.25) is 0 Å². The lowest BCUT2D eigenvalue weighted by molar-refractivity contribution is -0.136. The van der Waals surface area contributed by atoms with Gasteiger partial charge in [-0.05, 0) is 62.7 Å². The van der Waals surface area contributed by atoms with E-state index in [9.17, 15) is 9.90 Å². The van der Waals surface area contributed by atoms with Crippen LogP contribution in [0.1, 0.15) is 46.8 Å². The molecule has 3 rings (SSSR count). The monoisotopic (exact) mass is 507 g/mol. The summed E-state index contributed by atoms with van der Waals surface area (Å²) in [5, 5.41) is 22.3. The maximum atomic E-state index is 11.2. The Balaban J connectivity index is 1.79. The minimum absolute atomic E-state index is 0.0499. The molecule has 0 amide bonds. The molecule has 9 heteroatoms. The molecule has 198 valence electrons. The largest absolute Gasteiger partial charge is 0.494 e. The molecule has 0 spiro atoms. The van der Waals surface area contributed by atoms with E-state index in [2.05, 4.69) is 20.2 Å². The van der Waals surface area contributed by atoms with Crippen molar-refractivity contribution in [1.82, 2.24) is 14.9 Å². The second-order valence-corrected chi connectivity index (χ2v) is 9.35. The lowest BCUT2D eigenvalue weighted by Gasteiger charge is -2.22. The second-order valence-electron chi connectivity index (χ2n) is 9.35. The summed E-state index contributed by atoms with van der Waals surface area (Å²) >= 11 is 0. The molecule has 1 atom stereocenters. The van der Waals surface area contributed by atoms with Gasteiger partial charge >= 0.3 is 5.97 Å². The molecule has 37 heavy (non-hydrogen) atoms. The van der Waals surface area contributed by atoms with E-state index in [4.69, 9.17) is 15.6 Å². The maximum Gasteiger partial charge on any atom is 0.307 e. The molecule has 0 aliphatic heterocycles. The Bertz CT molecular complexity index is 1170. The number of aromatic nitrogens is 2. The Morgan fingerprint density at radius 3 is 2.57 bits per heavy atom. The molecule has 0 bridgehead atoms. The number of nitrogens with zero attached hydrogens (tertiary/aromatic N) is 3. The molecule has 1 aromatic heterocycles. The third kappa shape index (κ3) is 8.73. The van der Waals surface area contributed by atoms with Gasteiger partial charge < -0.3 is 30.9 Å². The smallest absolute Gasteiger partial charge is 0.307 e. The van der Waals surface area contributed by atoms with Crippen molar-refractivity contribution in [2.45, 2.75) is 38.6 Å². The number of anilines is 2. The van der Waals surface area contributed by atoms with Crippen molar-refractivity contribution in [2.24, 2.45) is 0 Å². The molecule has 3 aromatic rings. The van der Waals surface area contributed by atoms with Gasteiger partial charge in [0.05, 0.1) is 19.1 Å². The zero-order valence-corrected chi connectivity index (χ0v) is 21.8. The van der Waals surface area contributed by atoms with Crippen LogP contribution in [0.4, 0.5) is 11.8 Å². The normalized spacial score (nSPS) is 11.9. The highest BCUT2D eigenvalue weighted by Crippen LogP contribution is 2.28. The van der Waals surface area contributed by atoms with Gasteiger partial charge in [0.2, 0.25) is 5.95 Å². The van der Waals surface area contributed by atoms with E-state index in [1.54, 1.807) is 6.07 Å². The number of carboxylic acids is 1. The number of nitrogens with one attached hydrogen (secondary N) is 1. The van der Waals surface area contributed by atoms with Crippen molar-refractivity contribution in [3.05, 3.63) is 76.5 Å². The molecule has 0 saturated heterocycles. The fourth-order valence-corrected chi connectivity index (χ4v) is 4.14. The van der Waals surface area contributed by atoms with Crippen LogP contribution in [0, 0.1) is 6.92 Å². The van der Waals surface area contributed by atoms with Gasteiger partial charge in [-0.3, -0.25) is 4.79 Å². The molecule has 2 aromatic carbocycles. The van der Waals surface area contributed by atoms with Gasteiger partial charge in [0.15, 0.2) is 0 Å². The molecule has 0 aliphatic rings. The second kappa shape index (κ2) is 13.6. The zero-order valence-electron chi connectivity index (χ0n) is 21.8. The summed E-state index contributed by atoms with van der Waals surface area (Å²) in [6.45, 7) is 3.49. The van der Waals surface area contributed by atoms with Gasteiger partial charge in [-0.2, -0.15) is 4.98 Å². The van der Waals surface area contributed by atoms with Crippen LogP contribution in [-0.2, 0) is 17.6 Å². The average molecular weight is 508 g/mol. The maximum absolute atomic E-state index is 11.2. The summed E-state index contributed by atoms with van der Waals surface area (Å²) in [5.74, 6) is 0.689. The van der Waals surface area contributed by atoms with Gasteiger partial charge in [-0.25, -0.2) is 4.98 Å². The third-order valence-corrected chi connectivity index (χ3v) is 5.99. The third-order valence-electron chi connectivity index (χ3n) is 5.99. The van der Waals surface area contributed by atoms with E-state index in [1.165, 1.54) is 0 Å². The Morgan fingerprint density at radius 1 is 1.14 bits per heavy atom. The van der Waals surface area contributed by atoms with E-state index in [0.29, 0.717) is 30.8 Å². The number of hydrogen-bond donors (Lipinski definition) is 4. The van der Waals surface area contributed by atoms with Crippen molar-refractivity contribution < 1.29 is 19.7 Å². The van der Waals surface area contributed by atoms with Crippen LogP contribution in [0.3, 0.4) is 0 Å². The summed E-state index contributed by atoms with van der Waals surface area (Å²) in [5.41, 5.74) is 10.3. The van der Waals surface area contributed by atoms with Crippen molar-refractivity contribution in [3.63, 3.8) is 0 Å². The molecule has 1 heterocycles. The predicted octanol–water partition coefficient (Wildman–Crippen LogP) is 3.45. The topological polar surface area (TPSA) is 134 Å². The van der Waals surface area contributed by atoms with Gasteiger partial charge in [0.1, 0.15) is 11.6 Å². The van der Waals surface area contributed by atoms with Crippen LogP contribution in [0.5, 0.6) is 5.75 Å². The number of carbonyl (C=O) groups is 1. The molecule has 9 nitrogen and oxygen atoms in total. The number of rotatable bonds is 14. The number of carboxylic acid groups (broad SMARTS) is 1. The average Bonchev–Trinajstić information content (AvgIpc) is 2.84. The SMILES string of the molecule is Cc1nc(N)nc(NC(CCO)c2cccc(CC(=O)O)c2)c1Cc1ccc(OCCCN(C)C)cc1. The highest BCUT2D eigenvalue weighted by atomic mass is 16.5. The van der Waals surface area contributed by atoms with E-state index >= 15 is 0 Å². The van der Waals surface area contributed by atoms with E-state index in [-0.39, 0.29) is 25.0 Å². The van der Waals surface area contributed by atoms with E-state index < -0.39 is 5.97 Å². The highest BCUT2D eigenvalue weighted by Gasteiger charge is 2.18.